The molecule has 0 aromatic heterocycles. The van der Waals surface area contributed by atoms with Gasteiger partial charge in [-0.25, -0.2) is 13.1 Å². The van der Waals surface area contributed by atoms with Gasteiger partial charge in [0.2, 0.25) is 15.9 Å². The molecular weight excluding hydrogens is 258 g/mol. The van der Waals surface area contributed by atoms with Gasteiger partial charge in [-0.1, -0.05) is 0 Å². The number of carbonyl (C=O) groups excluding carboxylic acids is 1. The molecule has 106 valence electrons. The van der Waals surface area contributed by atoms with E-state index in [-0.39, 0.29) is 30.3 Å². The van der Waals surface area contributed by atoms with E-state index in [1.54, 1.807) is 13.8 Å². The molecule has 0 aromatic carbocycles. The average Bonchev–Trinajstić information content (AvgIpc) is 2.28. The van der Waals surface area contributed by atoms with E-state index >= 15 is 0 Å². The number of hydrogen-bond acceptors (Lipinski definition) is 5. The van der Waals surface area contributed by atoms with Crippen LogP contribution in [0.1, 0.15) is 13.8 Å². The summed E-state index contributed by atoms with van der Waals surface area (Å²) in [5.74, 6) is -0.348. The van der Waals surface area contributed by atoms with Crippen LogP contribution in [0.5, 0.6) is 0 Å². The van der Waals surface area contributed by atoms with E-state index in [4.69, 9.17) is 4.74 Å². The molecule has 1 amide bonds. The summed E-state index contributed by atoms with van der Waals surface area (Å²) in [6.45, 7) is 5.14. The fourth-order valence-corrected chi connectivity index (χ4v) is 2.79. The molecular formula is C10H21N3O4S. The molecule has 0 aromatic rings. The lowest BCUT2D eigenvalue weighted by Crippen LogP contribution is -2.52. The van der Waals surface area contributed by atoms with Gasteiger partial charge in [0.1, 0.15) is 6.04 Å². The zero-order valence-electron chi connectivity index (χ0n) is 10.7. The topological polar surface area (TPSA) is 96.5 Å². The predicted octanol–water partition coefficient (Wildman–Crippen LogP) is -1.58. The number of morpholine rings is 1. The third kappa shape index (κ3) is 5.76. The highest BCUT2D eigenvalue weighted by molar-refractivity contribution is 7.89. The second kappa shape index (κ2) is 7.03. The first kappa shape index (κ1) is 15.4. The van der Waals surface area contributed by atoms with E-state index in [1.165, 1.54) is 0 Å². The molecule has 1 fully saturated rings. The normalized spacial score (nSPS) is 20.9. The number of hydrogen-bond donors (Lipinski definition) is 3. The van der Waals surface area contributed by atoms with Crippen LogP contribution >= 0.6 is 0 Å². The van der Waals surface area contributed by atoms with Crippen LogP contribution < -0.4 is 15.4 Å². The molecule has 8 heteroatoms. The smallest absolute Gasteiger partial charge is 0.239 e. The van der Waals surface area contributed by atoms with Gasteiger partial charge in [0, 0.05) is 19.1 Å². The Morgan fingerprint density at radius 2 is 2.22 bits per heavy atom. The summed E-state index contributed by atoms with van der Waals surface area (Å²) in [7, 11) is -3.32. The van der Waals surface area contributed by atoms with E-state index in [0.29, 0.717) is 19.8 Å². The van der Waals surface area contributed by atoms with Crippen LogP contribution in [0.4, 0.5) is 0 Å². The molecule has 0 bridgehead atoms. The first-order chi connectivity index (χ1) is 8.41. The van der Waals surface area contributed by atoms with Crippen LogP contribution in [0.25, 0.3) is 0 Å². The standard InChI is InChI=1S/C10H21N3O4S/c1-8(2)13-18(15,16)6-4-12-10(14)9-7-17-5-3-11-9/h8-9,11,13H,3-7H2,1-2H3,(H,12,14). The van der Waals surface area contributed by atoms with Crippen molar-refractivity contribution in [3.05, 3.63) is 0 Å². The highest BCUT2D eigenvalue weighted by atomic mass is 32.2. The predicted molar refractivity (Wildman–Crippen MR) is 67.7 cm³/mol. The molecule has 1 rings (SSSR count). The van der Waals surface area contributed by atoms with E-state index in [2.05, 4.69) is 15.4 Å². The Morgan fingerprint density at radius 1 is 1.50 bits per heavy atom. The minimum atomic E-state index is -3.32. The summed E-state index contributed by atoms with van der Waals surface area (Å²) < 4.78 is 30.6. The molecule has 7 nitrogen and oxygen atoms in total. The van der Waals surface area contributed by atoms with E-state index in [0.717, 1.165) is 0 Å². The Morgan fingerprint density at radius 3 is 2.78 bits per heavy atom. The van der Waals surface area contributed by atoms with Crippen molar-refractivity contribution in [2.24, 2.45) is 0 Å². The van der Waals surface area contributed by atoms with Crippen LogP contribution in [0.2, 0.25) is 0 Å². The van der Waals surface area contributed by atoms with Gasteiger partial charge in [-0.2, -0.15) is 0 Å². The fourth-order valence-electron chi connectivity index (χ4n) is 1.58. The van der Waals surface area contributed by atoms with Crippen molar-refractivity contribution in [3.8, 4) is 0 Å². The summed E-state index contributed by atoms with van der Waals surface area (Å²) in [5.41, 5.74) is 0. The largest absolute Gasteiger partial charge is 0.378 e. The summed E-state index contributed by atoms with van der Waals surface area (Å²) in [5, 5.41) is 5.58. The first-order valence-electron chi connectivity index (χ1n) is 5.99. The monoisotopic (exact) mass is 279 g/mol. The van der Waals surface area contributed by atoms with Crippen LogP contribution in [0.15, 0.2) is 0 Å². The molecule has 18 heavy (non-hydrogen) atoms. The zero-order valence-corrected chi connectivity index (χ0v) is 11.5. The number of rotatable bonds is 6. The molecule has 1 saturated heterocycles. The zero-order chi connectivity index (χ0) is 13.6. The molecule has 3 N–H and O–H groups in total. The van der Waals surface area contributed by atoms with Gasteiger partial charge < -0.3 is 15.4 Å². The van der Waals surface area contributed by atoms with Crippen molar-refractivity contribution in [1.29, 1.82) is 0 Å². The number of carbonyl (C=O) groups is 1. The summed E-state index contributed by atoms with van der Waals surface area (Å²) in [4.78, 5) is 11.6. The van der Waals surface area contributed by atoms with Crippen LogP contribution in [-0.2, 0) is 19.6 Å². The molecule has 0 radical (unpaired) electrons. The summed E-state index contributed by atoms with van der Waals surface area (Å²) in [6, 6.07) is -0.529. The Labute approximate surface area is 108 Å². The molecule has 1 aliphatic heterocycles. The molecule has 1 unspecified atom stereocenters. The van der Waals surface area contributed by atoms with Gasteiger partial charge in [0.15, 0.2) is 0 Å². The summed E-state index contributed by atoms with van der Waals surface area (Å²) in [6.07, 6.45) is 0. The highest BCUT2D eigenvalue weighted by Crippen LogP contribution is 1.93. The number of amides is 1. The van der Waals surface area contributed by atoms with Crippen LogP contribution in [0, 0.1) is 0 Å². The maximum atomic E-state index is 11.6. The maximum absolute atomic E-state index is 11.6. The first-order valence-corrected chi connectivity index (χ1v) is 7.65. The minimum absolute atomic E-state index is 0.0963. The highest BCUT2D eigenvalue weighted by Gasteiger charge is 2.21. The van der Waals surface area contributed by atoms with Crippen molar-refractivity contribution < 1.29 is 17.9 Å². The Hall–Kier alpha value is -0.700. The minimum Gasteiger partial charge on any atom is -0.378 e. The van der Waals surface area contributed by atoms with E-state index in [9.17, 15) is 13.2 Å². The van der Waals surface area contributed by atoms with Crippen molar-refractivity contribution >= 4 is 15.9 Å². The number of ether oxygens (including phenoxy) is 1. The molecule has 0 aliphatic carbocycles. The SMILES string of the molecule is CC(C)NS(=O)(=O)CCNC(=O)C1COCCN1. The Kier molecular flexibility index (Phi) is 6.00. The van der Waals surface area contributed by atoms with Crippen molar-refractivity contribution in [2.75, 3.05) is 32.1 Å². The quantitative estimate of drug-likeness (QED) is 0.545. The van der Waals surface area contributed by atoms with Crippen LogP contribution in [0.3, 0.4) is 0 Å². The van der Waals surface area contributed by atoms with Crippen molar-refractivity contribution in [3.63, 3.8) is 0 Å². The lowest BCUT2D eigenvalue weighted by molar-refractivity contribution is -0.125. The second-order valence-electron chi connectivity index (χ2n) is 4.46. The van der Waals surface area contributed by atoms with Gasteiger partial charge in [-0.3, -0.25) is 4.79 Å². The van der Waals surface area contributed by atoms with Gasteiger partial charge >= 0.3 is 0 Å². The van der Waals surface area contributed by atoms with E-state index in [1.807, 2.05) is 0 Å². The van der Waals surface area contributed by atoms with E-state index < -0.39 is 10.0 Å². The lowest BCUT2D eigenvalue weighted by atomic mass is 10.2. The lowest BCUT2D eigenvalue weighted by Gasteiger charge is -2.22. The Balaban J connectivity index is 2.26. The van der Waals surface area contributed by atoms with Gasteiger partial charge in [0.25, 0.3) is 0 Å². The van der Waals surface area contributed by atoms with Crippen molar-refractivity contribution in [2.45, 2.75) is 25.9 Å². The Bertz CT molecular complexity index is 363. The molecule has 1 atom stereocenters. The fraction of sp³-hybridized carbons (Fsp3) is 0.900. The summed E-state index contributed by atoms with van der Waals surface area (Å²) >= 11 is 0. The average molecular weight is 279 g/mol. The number of sulfonamides is 1. The molecule has 1 heterocycles. The molecule has 1 aliphatic rings. The number of nitrogens with one attached hydrogen (secondary N) is 3. The molecule has 0 spiro atoms. The molecule has 0 saturated carbocycles. The third-order valence-electron chi connectivity index (χ3n) is 2.32. The van der Waals surface area contributed by atoms with Crippen LogP contribution in [-0.4, -0.2) is 58.5 Å². The van der Waals surface area contributed by atoms with Gasteiger partial charge in [-0.15, -0.1) is 0 Å². The van der Waals surface area contributed by atoms with Crippen molar-refractivity contribution in [1.82, 2.24) is 15.4 Å². The maximum Gasteiger partial charge on any atom is 0.239 e. The third-order valence-corrected chi connectivity index (χ3v) is 3.90. The van der Waals surface area contributed by atoms with Gasteiger partial charge in [-0.05, 0) is 13.8 Å². The second-order valence-corrected chi connectivity index (χ2v) is 6.34. The van der Waals surface area contributed by atoms with Gasteiger partial charge in [0.05, 0.1) is 19.0 Å².